The molecular weight excluding hydrogens is 468 g/mol. The van der Waals surface area contributed by atoms with Crippen molar-refractivity contribution in [3.63, 3.8) is 0 Å². The molecule has 0 amide bonds. The van der Waals surface area contributed by atoms with Crippen molar-refractivity contribution >= 4 is 59.8 Å². The SMILES string of the molecule is CC1=C(C)[Se]C(=C2[Se]C3=C(OCCO3)[Se]2)[Se]1. The van der Waals surface area contributed by atoms with Crippen LogP contribution in [0.4, 0.5) is 0 Å². The molecule has 0 aromatic rings. The van der Waals surface area contributed by atoms with Crippen molar-refractivity contribution < 1.29 is 9.47 Å². The summed E-state index contributed by atoms with van der Waals surface area (Å²) < 4.78 is 20.7. The topological polar surface area (TPSA) is 18.5 Å². The Bertz CT molecular complexity index is 400. The molecule has 0 aromatic heterocycles. The molecule has 16 heavy (non-hydrogen) atoms. The van der Waals surface area contributed by atoms with Gasteiger partial charge in [0.25, 0.3) is 0 Å². The average molecular weight is 478 g/mol. The summed E-state index contributed by atoms with van der Waals surface area (Å²) in [7, 11) is 0. The maximum absolute atomic E-state index is 5.71. The van der Waals surface area contributed by atoms with Crippen molar-refractivity contribution in [2.45, 2.75) is 13.8 Å². The predicted octanol–water partition coefficient (Wildman–Crippen LogP) is 0.382. The molecule has 0 radical (unpaired) electrons. The number of rotatable bonds is 0. The van der Waals surface area contributed by atoms with E-state index in [1.165, 1.54) is 9.32 Å². The molecule has 0 fully saturated rings. The zero-order chi connectivity index (χ0) is 11.1. The van der Waals surface area contributed by atoms with Gasteiger partial charge in [-0.2, -0.15) is 0 Å². The predicted molar refractivity (Wildman–Crippen MR) is 67.3 cm³/mol. The molecule has 6 heteroatoms. The second kappa shape index (κ2) is 4.88. The van der Waals surface area contributed by atoms with Crippen LogP contribution >= 0.6 is 0 Å². The van der Waals surface area contributed by atoms with Gasteiger partial charge < -0.3 is 0 Å². The van der Waals surface area contributed by atoms with Gasteiger partial charge in [0.1, 0.15) is 0 Å². The monoisotopic (exact) mass is 482 g/mol. The molecule has 0 unspecified atom stereocenters. The third-order valence-corrected chi connectivity index (χ3v) is 17.7. The summed E-state index contributed by atoms with van der Waals surface area (Å²) >= 11 is 2.22. The molecule has 0 atom stereocenters. The van der Waals surface area contributed by atoms with E-state index in [1.807, 2.05) is 0 Å². The van der Waals surface area contributed by atoms with Crippen molar-refractivity contribution in [1.82, 2.24) is 0 Å². The Morgan fingerprint density at radius 2 is 1.19 bits per heavy atom. The molecule has 0 bridgehead atoms. The summed E-state index contributed by atoms with van der Waals surface area (Å²) in [6.07, 6.45) is 0. The van der Waals surface area contributed by atoms with Crippen LogP contribution in [0.5, 0.6) is 0 Å². The Labute approximate surface area is 120 Å². The number of ether oxygens (including phenoxy) is 2. The van der Waals surface area contributed by atoms with E-state index in [-0.39, 0.29) is 0 Å². The fraction of sp³-hybridized carbons (Fsp3) is 0.400. The maximum atomic E-state index is 5.71. The first-order valence-electron chi connectivity index (χ1n) is 4.87. The molecule has 0 spiro atoms. The van der Waals surface area contributed by atoms with Gasteiger partial charge in [0.05, 0.1) is 0 Å². The van der Waals surface area contributed by atoms with Crippen LogP contribution in [-0.2, 0) is 9.47 Å². The van der Waals surface area contributed by atoms with E-state index < -0.39 is 0 Å². The Morgan fingerprint density at radius 1 is 0.750 bits per heavy atom. The zero-order valence-electron chi connectivity index (χ0n) is 8.86. The van der Waals surface area contributed by atoms with Crippen LogP contribution in [-0.4, -0.2) is 73.0 Å². The number of hydrogen-bond acceptors (Lipinski definition) is 2. The molecule has 3 rings (SSSR count). The molecule has 0 N–H and O–H groups in total. The van der Waals surface area contributed by atoms with Crippen LogP contribution < -0.4 is 0 Å². The first-order chi connectivity index (χ1) is 7.74. The Kier molecular flexibility index (Phi) is 3.65. The number of allylic oxidation sites excluding steroid dienone is 2. The van der Waals surface area contributed by atoms with E-state index in [4.69, 9.17) is 9.47 Å². The molecule has 3 aliphatic rings. The average Bonchev–Trinajstić information content (AvgIpc) is 2.83. The van der Waals surface area contributed by atoms with Crippen LogP contribution in [0.15, 0.2) is 25.0 Å². The van der Waals surface area contributed by atoms with Crippen LogP contribution in [0.1, 0.15) is 13.8 Å². The van der Waals surface area contributed by atoms with E-state index in [1.54, 1.807) is 15.7 Å². The number of hydrogen-bond donors (Lipinski definition) is 0. The van der Waals surface area contributed by atoms with Crippen molar-refractivity contribution in [2.75, 3.05) is 13.2 Å². The molecule has 2 nitrogen and oxygen atoms in total. The molecule has 0 saturated carbocycles. The van der Waals surface area contributed by atoms with Gasteiger partial charge in [-0.25, -0.2) is 0 Å². The van der Waals surface area contributed by atoms with Crippen LogP contribution in [0, 0.1) is 0 Å². The molecule has 3 heterocycles. The van der Waals surface area contributed by atoms with E-state index in [0.717, 1.165) is 13.2 Å². The van der Waals surface area contributed by atoms with Crippen LogP contribution in [0.25, 0.3) is 0 Å². The van der Waals surface area contributed by atoms with Gasteiger partial charge in [-0.1, -0.05) is 0 Å². The minimum absolute atomic E-state index is 0.458. The summed E-state index contributed by atoms with van der Waals surface area (Å²) in [6.45, 7) is 6.12. The quantitative estimate of drug-likeness (QED) is 0.470. The summed E-state index contributed by atoms with van der Waals surface area (Å²) in [4.78, 5) is 0. The van der Waals surface area contributed by atoms with Gasteiger partial charge in [-0.05, 0) is 0 Å². The Hall–Kier alpha value is 0.898. The van der Waals surface area contributed by atoms with Crippen molar-refractivity contribution in [3.05, 3.63) is 25.0 Å². The minimum atomic E-state index is 0.458. The molecular formula is C10H10O2Se4. The third-order valence-electron chi connectivity index (χ3n) is 2.24. The summed E-state index contributed by atoms with van der Waals surface area (Å²) in [5.41, 5.74) is 0. The standard InChI is InChI=1S/C10H10O2Se4/c1-5-6(2)14-9(13-5)10-15-7-8(16-10)12-4-3-11-7/h3-4H2,1-2H3. The molecule has 0 aromatic carbocycles. The van der Waals surface area contributed by atoms with Gasteiger partial charge in [0.15, 0.2) is 0 Å². The zero-order valence-corrected chi connectivity index (χ0v) is 15.7. The summed E-state index contributed by atoms with van der Waals surface area (Å²) in [5, 5.41) is 0. The first-order valence-corrected chi connectivity index (χ1v) is 11.7. The fourth-order valence-corrected chi connectivity index (χ4v) is 16.6. The molecule has 86 valence electrons. The summed E-state index contributed by atoms with van der Waals surface area (Å²) in [5.74, 6) is 0. The van der Waals surface area contributed by atoms with E-state index >= 15 is 0 Å². The van der Waals surface area contributed by atoms with E-state index in [2.05, 4.69) is 13.8 Å². The summed E-state index contributed by atoms with van der Waals surface area (Å²) in [6, 6.07) is 0. The van der Waals surface area contributed by atoms with E-state index in [9.17, 15) is 0 Å². The van der Waals surface area contributed by atoms with E-state index in [0.29, 0.717) is 59.8 Å². The van der Waals surface area contributed by atoms with Crippen molar-refractivity contribution in [3.8, 4) is 0 Å². The van der Waals surface area contributed by atoms with Gasteiger partial charge >= 0.3 is 121 Å². The van der Waals surface area contributed by atoms with Gasteiger partial charge in [0.2, 0.25) is 0 Å². The fourth-order valence-electron chi connectivity index (χ4n) is 1.33. The van der Waals surface area contributed by atoms with Crippen LogP contribution in [0.3, 0.4) is 0 Å². The van der Waals surface area contributed by atoms with Gasteiger partial charge in [0, 0.05) is 0 Å². The molecule has 0 aliphatic carbocycles. The second-order valence-corrected chi connectivity index (χ2v) is 15.3. The normalized spacial score (nSPS) is 24.9. The van der Waals surface area contributed by atoms with Gasteiger partial charge in [-0.15, -0.1) is 0 Å². The first kappa shape index (κ1) is 12.0. The third kappa shape index (κ3) is 2.23. The van der Waals surface area contributed by atoms with Gasteiger partial charge in [-0.3, -0.25) is 0 Å². The molecule has 0 saturated heterocycles. The second-order valence-electron chi connectivity index (χ2n) is 3.37. The van der Waals surface area contributed by atoms with Crippen LogP contribution in [0.2, 0.25) is 0 Å². The molecule has 3 aliphatic heterocycles. The van der Waals surface area contributed by atoms with Crippen molar-refractivity contribution in [1.29, 1.82) is 0 Å². The Morgan fingerprint density at radius 3 is 1.69 bits per heavy atom. The Balaban J connectivity index is 1.79. The van der Waals surface area contributed by atoms with Crippen molar-refractivity contribution in [2.24, 2.45) is 0 Å².